The topological polar surface area (TPSA) is 20.2 Å². The molecule has 0 unspecified atom stereocenters. The summed E-state index contributed by atoms with van der Waals surface area (Å²) in [7, 11) is 0.500. The van der Waals surface area contributed by atoms with Crippen molar-refractivity contribution in [3.8, 4) is 0 Å². The number of halogens is 1. The predicted molar refractivity (Wildman–Crippen MR) is 44.3 cm³/mol. The molecule has 1 nitrogen and oxygen atoms in total. The zero-order valence-electron chi connectivity index (χ0n) is 6.63. The third-order valence-corrected chi connectivity index (χ3v) is 1.24. The summed E-state index contributed by atoms with van der Waals surface area (Å²) in [4.78, 5) is 0. The Hall–Kier alpha value is -0.890. The highest BCUT2D eigenvalue weighted by atomic mass is 19.1. The number of hydrogen-bond acceptors (Lipinski definition) is 1. The Kier molecular flexibility index (Phi) is 6.64. The summed E-state index contributed by atoms with van der Waals surface area (Å²) < 4.78 is 9.50. The van der Waals surface area contributed by atoms with E-state index in [4.69, 9.17) is 5.11 Å². The van der Waals surface area contributed by atoms with Gasteiger partial charge in [0.1, 0.15) is 0 Å². The maximum atomic E-state index is 9.50. The minimum Gasteiger partial charge on any atom is -0.396 e. The van der Waals surface area contributed by atoms with Crippen LogP contribution in [-0.2, 0) is 6.42 Å². The number of alkyl halides is 1. The lowest BCUT2D eigenvalue weighted by Gasteiger charge is -1.93. The molecule has 0 spiro atoms. The van der Waals surface area contributed by atoms with Crippen LogP contribution < -0.4 is 0 Å². The number of benzene rings is 1. The van der Waals surface area contributed by atoms with Crippen molar-refractivity contribution in [2.24, 2.45) is 0 Å². The molecular weight excluding hydrogens is 143 g/mol. The molecule has 1 N–H and O–H groups in total. The first-order valence-corrected chi connectivity index (χ1v) is 3.46. The van der Waals surface area contributed by atoms with Crippen LogP contribution in [-0.4, -0.2) is 18.9 Å². The SMILES string of the molecule is CF.OCCc1ccccc1. The summed E-state index contributed by atoms with van der Waals surface area (Å²) in [6.07, 6.45) is 0.765. The van der Waals surface area contributed by atoms with Crippen LogP contribution in [0.3, 0.4) is 0 Å². The molecule has 11 heavy (non-hydrogen) atoms. The van der Waals surface area contributed by atoms with Crippen molar-refractivity contribution in [1.82, 2.24) is 0 Å². The highest BCUT2D eigenvalue weighted by Gasteiger charge is 1.85. The first-order chi connectivity index (χ1) is 5.43. The van der Waals surface area contributed by atoms with E-state index in [0.717, 1.165) is 6.42 Å². The molecule has 0 aliphatic heterocycles. The Morgan fingerprint density at radius 2 is 1.73 bits per heavy atom. The van der Waals surface area contributed by atoms with Gasteiger partial charge in [-0.25, -0.2) is 0 Å². The third-order valence-electron chi connectivity index (χ3n) is 1.24. The van der Waals surface area contributed by atoms with Gasteiger partial charge in [0.2, 0.25) is 0 Å². The van der Waals surface area contributed by atoms with Gasteiger partial charge >= 0.3 is 0 Å². The van der Waals surface area contributed by atoms with Crippen LogP contribution in [0.4, 0.5) is 4.39 Å². The fourth-order valence-corrected chi connectivity index (χ4v) is 0.774. The second-order valence-electron chi connectivity index (χ2n) is 1.96. The average molecular weight is 156 g/mol. The molecule has 0 atom stereocenters. The lowest BCUT2D eigenvalue weighted by molar-refractivity contribution is 0.299. The van der Waals surface area contributed by atoms with Crippen molar-refractivity contribution >= 4 is 0 Å². The van der Waals surface area contributed by atoms with Gasteiger partial charge in [-0.15, -0.1) is 0 Å². The van der Waals surface area contributed by atoms with Crippen molar-refractivity contribution in [3.05, 3.63) is 35.9 Å². The van der Waals surface area contributed by atoms with E-state index >= 15 is 0 Å². The van der Waals surface area contributed by atoms with Crippen molar-refractivity contribution < 1.29 is 9.50 Å². The molecule has 0 amide bonds. The number of hydrogen-bond donors (Lipinski definition) is 1. The van der Waals surface area contributed by atoms with E-state index in [-0.39, 0.29) is 6.61 Å². The number of rotatable bonds is 2. The van der Waals surface area contributed by atoms with E-state index in [1.807, 2.05) is 30.3 Å². The second kappa shape index (κ2) is 7.22. The molecule has 0 radical (unpaired) electrons. The summed E-state index contributed by atoms with van der Waals surface area (Å²) in [5.74, 6) is 0. The van der Waals surface area contributed by atoms with Gasteiger partial charge < -0.3 is 5.11 Å². The fraction of sp³-hybridized carbons (Fsp3) is 0.333. The molecule has 0 saturated heterocycles. The highest BCUT2D eigenvalue weighted by Crippen LogP contribution is 1.97. The zero-order valence-corrected chi connectivity index (χ0v) is 6.63. The van der Waals surface area contributed by atoms with Crippen LogP contribution in [0.2, 0.25) is 0 Å². The second-order valence-corrected chi connectivity index (χ2v) is 1.96. The molecule has 0 heterocycles. The van der Waals surface area contributed by atoms with Crippen LogP contribution >= 0.6 is 0 Å². The Balaban J connectivity index is 0.000000461. The van der Waals surface area contributed by atoms with Gasteiger partial charge in [-0.3, -0.25) is 4.39 Å². The predicted octanol–water partition coefficient (Wildman–Crippen LogP) is 1.81. The molecular formula is C9H13FO. The summed E-state index contributed by atoms with van der Waals surface area (Å²) >= 11 is 0. The Bertz CT molecular complexity index is 162. The van der Waals surface area contributed by atoms with Gasteiger partial charge in [0.05, 0.1) is 7.18 Å². The van der Waals surface area contributed by atoms with E-state index < -0.39 is 0 Å². The fourth-order valence-electron chi connectivity index (χ4n) is 0.774. The van der Waals surface area contributed by atoms with Gasteiger partial charge in [0.15, 0.2) is 0 Å². The monoisotopic (exact) mass is 156 g/mol. The summed E-state index contributed by atoms with van der Waals surface area (Å²) in [5, 5.41) is 8.52. The summed E-state index contributed by atoms with van der Waals surface area (Å²) in [6.45, 7) is 0.240. The van der Waals surface area contributed by atoms with Crippen LogP contribution in [0.15, 0.2) is 30.3 Å². The molecule has 2 heteroatoms. The van der Waals surface area contributed by atoms with Gasteiger partial charge in [0, 0.05) is 6.61 Å². The van der Waals surface area contributed by atoms with Gasteiger partial charge in [-0.05, 0) is 12.0 Å². The Morgan fingerprint density at radius 3 is 2.18 bits per heavy atom. The molecule has 0 saturated carbocycles. The van der Waals surface area contributed by atoms with E-state index in [1.54, 1.807) is 0 Å². The van der Waals surface area contributed by atoms with E-state index in [0.29, 0.717) is 7.18 Å². The number of aliphatic hydroxyl groups excluding tert-OH is 1. The number of aliphatic hydroxyl groups is 1. The Labute approximate surface area is 66.5 Å². The minimum absolute atomic E-state index is 0.240. The first kappa shape index (κ1) is 10.1. The van der Waals surface area contributed by atoms with Crippen molar-refractivity contribution in [2.75, 3.05) is 13.8 Å². The average Bonchev–Trinajstić information content (AvgIpc) is 2.11. The van der Waals surface area contributed by atoms with Crippen molar-refractivity contribution in [1.29, 1.82) is 0 Å². The molecule has 0 aliphatic carbocycles. The van der Waals surface area contributed by atoms with Crippen LogP contribution in [0.1, 0.15) is 5.56 Å². The van der Waals surface area contributed by atoms with E-state index in [2.05, 4.69) is 0 Å². The van der Waals surface area contributed by atoms with Crippen LogP contribution in [0.5, 0.6) is 0 Å². The zero-order chi connectivity index (χ0) is 8.53. The van der Waals surface area contributed by atoms with Crippen LogP contribution in [0.25, 0.3) is 0 Å². The maximum absolute atomic E-state index is 9.50. The van der Waals surface area contributed by atoms with Gasteiger partial charge in [0.25, 0.3) is 0 Å². The molecule has 0 aliphatic rings. The standard InChI is InChI=1S/C8H10O.CH3F/c9-7-6-8-4-2-1-3-5-8;1-2/h1-5,9H,6-7H2;1H3. The molecule has 0 aromatic heterocycles. The van der Waals surface area contributed by atoms with Crippen molar-refractivity contribution in [3.63, 3.8) is 0 Å². The lowest BCUT2D eigenvalue weighted by atomic mass is 10.2. The Morgan fingerprint density at radius 1 is 1.18 bits per heavy atom. The summed E-state index contributed by atoms with van der Waals surface area (Å²) in [6, 6.07) is 9.95. The highest BCUT2D eigenvalue weighted by molar-refractivity contribution is 5.14. The smallest absolute Gasteiger partial charge is 0.0785 e. The molecule has 62 valence electrons. The lowest BCUT2D eigenvalue weighted by Crippen LogP contribution is -1.88. The molecule has 0 bridgehead atoms. The molecule has 1 rings (SSSR count). The summed E-state index contributed by atoms with van der Waals surface area (Å²) in [5.41, 5.74) is 1.19. The van der Waals surface area contributed by atoms with Gasteiger partial charge in [-0.1, -0.05) is 30.3 Å². The van der Waals surface area contributed by atoms with Crippen molar-refractivity contribution in [2.45, 2.75) is 6.42 Å². The molecule has 1 aromatic rings. The quantitative estimate of drug-likeness (QED) is 0.692. The molecule has 0 fully saturated rings. The third kappa shape index (κ3) is 4.51. The van der Waals surface area contributed by atoms with Gasteiger partial charge in [-0.2, -0.15) is 0 Å². The normalized spacial score (nSPS) is 8.27. The molecule has 1 aromatic carbocycles. The minimum atomic E-state index is 0.240. The maximum Gasteiger partial charge on any atom is 0.0785 e. The van der Waals surface area contributed by atoms with E-state index in [1.165, 1.54) is 5.56 Å². The first-order valence-electron chi connectivity index (χ1n) is 3.46. The van der Waals surface area contributed by atoms with Crippen LogP contribution in [0, 0.1) is 0 Å². The van der Waals surface area contributed by atoms with E-state index in [9.17, 15) is 4.39 Å². The largest absolute Gasteiger partial charge is 0.396 e.